The Morgan fingerprint density at radius 1 is 1.07 bits per heavy atom. The van der Waals surface area contributed by atoms with Crippen molar-refractivity contribution in [2.75, 3.05) is 5.73 Å². The molecule has 0 amide bonds. The molecule has 1 unspecified atom stereocenters. The number of aromatic amines is 1. The maximum Gasteiger partial charge on any atom is 0.425 e. The minimum Gasteiger partial charge on any atom is -0.505 e. The summed E-state index contributed by atoms with van der Waals surface area (Å²) in [6.07, 6.45) is -6.23. The number of nitrogens with zero attached hydrogens (tertiary/aromatic N) is 4. The Hall–Kier alpha value is -4.57. The van der Waals surface area contributed by atoms with Crippen LogP contribution in [0.2, 0.25) is 0 Å². The highest BCUT2D eigenvalue weighted by molar-refractivity contribution is 5.86. The molecule has 0 fully saturated rings. The normalized spacial score (nSPS) is 12.3. The van der Waals surface area contributed by atoms with Crippen LogP contribution in [-0.4, -0.2) is 36.0 Å². The lowest BCUT2D eigenvalue weighted by atomic mass is 10.1. The van der Waals surface area contributed by atoms with Crippen molar-refractivity contribution in [3.8, 4) is 17.1 Å². The standard InChI is InChI=1S/C19H17F5N4O.C5H3F3N2O2/c1-2-3-9(20)7-28-8-15(22)10-4-12(14(21)5-11(10)19(28)29)18-26-6-13(16(23)24)17(25)27-18;6-5(7,8)3-2(11)1-9-10-4(3)12/h4-6,8-9,16H,2-3,7H2,1H3,(H2,25,26,27);1H,(H2,10,11,12). The first-order valence-corrected chi connectivity index (χ1v) is 11.6. The number of aromatic nitrogens is 5. The molecule has 1 aromatic carbocycles. The number of nitrogen functional groups attached to an aromatic ring is 1. The lowest BCUT2D eigenvalue weighted by Gasteiger charge is -2.12. The van der Waals surface area contributed by atoms with E-state index in [0.717, 1.165) is 29.1 Å². The fraction of sp³-hybridized carbons (Fsp3) is 0.292. The molecule has 0 aliphatic rings. The number of rotatable bonds is 6. The summed E-state index contributed by atoms with van der Waals surface area (Å²) < 4.78 is 105. The monoisotopic (exact) mass is 592 g/mol. The summed E-state index contributed by atoms with van der Waals surface area (Å²) >= 11 is 0. The van der Waals surface area contributed by atoms with Crippen LogP contribution in [0.1, 0.15) is 37.3 Å². The molecule has 0 radical (unpaired) electrons. The number of fused-ring (bicyclic) bond motifs is 1. The molecule has 1 atom stereocenters. The molecule has 4 rings (SSSR count). The predicted octanol–water partition coefficient (Wildman–Crippen LogP) is 4.89. The van der Waals surface area contributed by atoms with Crippen molar-refractivity contribution in [1.29, 1.82) is 0 Å². The summed E-state index contributed by atoms with van der Waals surface area (Å²) in [5, 5.41) is 12.6. The van der Waals surface area contributed by atoms with E-state index in [1.165, 1.54) is 0 Å². The molecule has 0 saturated carbocycles. The molecule has 0 saturated heterocycles. The molecule has 41 heavy (non-hydrogen) atoms. The van der Waals surface area contributed by atoms with Gasteiger partial charge in [0.25, 0.3) is 17.5 Å². The molecular weight excluding hydrogens is 572 g/mol. The van der Waals surface area contributed by atoms with E-state index in [4.69, 9.17) is 10.8 Å². The van der Waals surface area contributed by atoms with E-state index >= 15 is 0 Å². The molecule has 0 aliphatic carbocycles. The van der Waals surface area contributed by atoms with Crippen LogP contribution in [0.25, 0.3) is 22.2 Å². The molecule has 4 aromatic rings. The van der Waals surface area contributed by atoms with Gasteiger partial charge in [0, 0.05) is 17.8 Å². The van der Waals surface area contributed by atoms with E-state index in [1.54, 1.807) is 12.0 Å². The number of aromatic hydroxyl groups is 1. The van der Waals surface area contributed by atoms with Crippen molar-refractivity contribution in [1.82, 2.24) is 24.7 Å². The van der Waals surface area contributed by atoms with Gasteiger partial charge in [-0.05, 0) is 18.6 Å². The maximum atomic E-state index is 14.6. The summed E-state index contributed by atoms with van der Waals surface area (Å²) in [4.78, 5) is 30.3. The third kappa shape index (κ3) is 6.96. The molecule has 3 aromatic heterocycles. The summed E-state index contributed by atoms with van der Waals surface area (Å²) in [7, 11) is 0. The quantitative estimate of drug-likeness (QED) is 0.271. The molecular formula is C24H20F8N6O3. The lowest BCUT2D eigenvalue weighted by Crippen LogP contribution is -2.25. The minimum atomic E-state index is -4.86. The summed E-state index contributed by atoms with van der Waals surface area (Å²) in [5.74, 6) is -3.89. The highest BCUT2D eigenvalue weighted by Crippen LogP contribution is 2.32. The van der Waals surface area contributed by atoms with Gasteiger partial charge < -0.3 is 15.4 Å². The third-order valence-corrected chi connectivity index (χ3v) is 5.57. The second-order valence-electron chi connectivity index (χ2n) is 8.49. The van der Waals surface area contributed by atoms with Crippen molar-refractivity contribution >= 4 is 16.6 Å². The number of benzene rings is 1. The number of nitrogens with one attached hydrogen (secondary N) is 1. The molecule has 0 aliphatic heterocycles. The van der Waals surface area contributed by atoms with Gasteiger partial charge in [-0.15, -0.1) is 0 Å². The largest absolute Gasteiger partial charge is 0.505 e. The number of pyridine rings is 1. The highest BCUT2D eigenvalue weighted by Gasteiger charge is 2.37. The van der Waals surface area contributed by atoms with Crippen molar-refractivity contribution in [2.45, 2.75) is 45.1 Å². The van der Waals surface area contributed by atoms with Gasteiger partial charge in [0.1, 0.15) is 23.6 Å². The molecule has 3 heterocycles. The first-order valence-electron chi connectivity index (χ1n) is 11.6. The number of nitrogens with two attached hydrogens (primary N) is 1. The van der Waals surface area contributed by atoms with Crippen molar-refractivity contribution in [3.63, 3.8) is 0 Å². The number of hydrogen-bond donors (Lipinski definition) is 3. The van der Waals surface area contributed by atoms with Crippen LogP contribution in [0.5, 0.6) is 5.75 Å². The zero-order valence-corrected chi connectivity index (χ0v) is 20.8. The highest BCUT2D eigenvalue weighted by atomic mass is 19.4. The van der Waals surface area contributed by atoms with E-state index < -0.39 is 64.2 Å². The van der Waals surface area contributed by atoms with E-state index in [-0.39, 0.29) is 35.1 Å². The van der Waals surface area contributed by atoms with Crippen molar-refractivity contribution in [3.05, 3.63) is 74.2 Å². The van der Waals surface area contributed by atoms with Gasteiger partial charge >= 0.3 is 6.18 Å². The zero-order chi connectivity index (χ0) is 30.6. The Balaban J connectivity index is 0.000000322. The van der Waals surface area contributed by atoms with Crippen LogP contribution in [0.3, 0.4) is 0 Å². The fourth-order valence-electron chi connectivity index (χ4n) is 3.66. The van der Waals surface area contributed by atoms with Crippen LogP contribution < -0.4 is 16.9 Å². The van der Waals surface area contributed by atoms with Gasteiger partial charge in [-0.2, -0.15) is 18.3 Å². The lowest BCUT2D eigenvalue weighted by molar-refractivity contribution is -0.140. The van der Waals surface area contributed by atoms with Gasteiger partial charge in [0.05, 0.1) is 29.3 Å². The first-order chi connectivity index (χ1) is 19.1. The van der Waals surface area contributed by atoms with Gasteiger partial charge in [-0.3, -0.25) is 9.59 Å². The van der Waals surface area contributed by atoms with Crippen LogP contribution in [0.15, 0.2) is 40.3 Å². The zero-order valence-electron chi connectivity index (χ0n) is 20.8. The predicted molar refractivity (Wildman–Crippen MR) is 130 cm³/mol. The van der Waals surface area contributed by atoms with E-state index in [9.17, 15) is 44.7 Å². The Kier molecular flexibility index (Phi) is 9.29. The molecule has 0 bridgehead atoms. The van der Waals surface area contributed by atoms with Crippen molar-refractivity contribution in [2.24, 2.45) is 0 Å². The smallest absolute Gasteiger partial charge is 0.425 e. The topological polar surface area (TPSA) is 140 Å². The Morgan fingerprint density at radius 3 is 2.29 bits per heavy atom. The molecule has 9 nitrogen and oxygen atoms in total. The minimum absolute atomic E-state index is 0.201. The van der Waals surface area contributed by atoms with E-state index in [0.29, 0.717) is 12.6 Å². The molecule has 220 valence electrons. The number of H-pyrrole nitrogens is 1. The number of anilines is 1. The van der Waals surface area contributed by atoms with Crippen LogP contribution in [0.4, 0.5) is 40.9 Å². The maximum absolute atomic E-state index is 14.6. The molecule has 0 spiro atoms. The van der Waals surface area contributed by atoms with Gasteiger partial charge in [-0.25, -0.2) is 37.0 Å². The third-order valence-electron chi connectivity index (χ3n) is 5.57. The van der Waals surface area contributed by atoms with Gasteiger partial charge in [0.15, 0.2) is 17.1 Å². The Labute approximate surface area is 224 Å². The Bertz CT molecular complexity index is 1670. The average molecular weight is 592 g/mol. The summed E-state index contributed by atoms with van der Waals surface area (Å²) in [6, 6.07) is 1.79. The van der Waals surface area contributed by atoms with Crippen molar-refractivity contribution < 1.29 is 40.2 Å². The van der Waals surface area contributed by atoms with E-state index in [2.05, 4.69) is 15.1 Å². The number of hydrogen-bond acceptors (Lipinski definition) is 7. The van der Waals surface area contributed by atoms with Crippen LogP contribution in [0, 0.1) is 11.6 Å². The van der Waals surface area contributed by atoms with E-state index in [1.807, 2.05) is 0 Å². The van der Waals surface area contributed by atoms with Crippen LogP contribution >= 0.6 is 0 Å². The fourth-order valence-corrected chi connectivity index (χ4v) is 3.66. The summed E-state index contributed by atoms with van der Waals surface area (Å²) in [6.45, 7) is 1.42. The second-order valence-corrected chi connectivity index (χ2v) is 8.49. The van der Waals surface area contributed by atoms with Gasteiger partial charge in [-0.1, -0.05) is 13.3 Å². The average Bonchev–Trinajstić information content (AvgIpc) is 2.86. The Morgan fingerprint density at radius 2 is 1.76 bits per heavy atom. The van der Waals surface area contributed by atoms with Gasteiger partial charge in [0.2, 0.25) is 0 Å². The molecule has 17 heteroatoms. The second kappa shape index (κ2) is 12.3. The SMILES string of the molecule is CCCC(F)Cn1cc(F)c2cc(-c3ncc(C(F)F)c(N)n3)c(F)cc2c1=O.O=c1[nH]ncc(O)c1C(F)(F)F. The van der Waals surface area contributed by atoms with Crippen LogP contribution in [-0.2, 0) is 12.7 Å². The molecule has 4 N–H and O–H groups in total. The number of alkyl halides is 6. The summed E-state index contributed by atoms with van der Waals surface area (Å²) in [5.41, 5.74) is 0.693. The first kappa shape index (κ1) is 31.0. The number of halogens is 8.